The van der Waals surface area contributed by atoms with E-state index >= 15 is 0 Å². The van der Waals surface area contributed by atoms with Gasteiger partial charge in [0.25, 0.3) is 0 Å². The number of carbonyl (C=O) groups is 1. The maximum Gasteiger partial charge on any atom is 0.322 e. The smallest absolute Gasteiger partial charge is 0.322 e. The molecular formula is C8H18N2O2. The van der Waals surface area contributed by atoms with E-state index in [1.165, 1.54) is 7.11 Å². The van der Waals surface area contributed by atoms with Crippen molar-refractivity contribution in [1.29, 1.82) is 0 Å². The number of rotatable bonds is 5. The van der Waals surface area contributed by atoms with E-state index in [-0.39, 0.29) is 18.1 Å². The van der Waals surface area contributed by atoms with Crippen LogP contribution in [-0.4, -0.2) is 38.8 Å². The van der Waals surface area contributed by atoms with Gasteiger partial charge < -0.3 is 15.4 Å². The molecule has 0 amide bonds. The van der Waals surface area contributed by atoms with Crippen LogP contribution in [0.2, 0.25) is 0 Å². The van der Waals surface area contributed by atoms with Gasteiger partial charge in [0.05, 0.1) is 7.11 Å². The molecule has 0 rings (SSSR count). The van der Waals surface area contributed by atoms with Crippen LogP contribution >= 0.6 is 0 Å². The highest BCUT2D eigenvalue weighted by Crippen LogP contribution is 1.88. The average Bonchev–Trinajstić information content (AvgIpc) is 2.03. The van der Waals surface area contributed by atoms with E-state index in [0.717, 1.165) is 6.54 Å². The van der Waals surface area contributed by atoms with Crippen LogP contribution < -0.4 is 10.6 Å². The van der Waals surface area contributed by atoms with Crippen molar-refractivity contribution in [2.24, 2.45) is 0 Å². The molecule has 72 valence electrons. The minimum absolute atomic E-state index is 0.224. The summed E-state index contributed by atoms with van der Waals surface area (Å²) in [7, 11) is 3.27. The van der Waals surface area contributed by atoms with Crippen molar-refractivity contribution in [3.63, 3.8) is 0 Å². The third-order valence-electron chi connectivity index (χ3n) is 1.60. The predicted molar refractivity (Wildman–Crippen MR) is 48.0 cm³/mol. The molecule has 4 nitrogen and oxygen atoms in total. The molecule has 0 aromatic rings. The molecule has 0 aliphatic rings. The van der Waals surface area contributed by atoms with Crippen LogP contribution in [0.15, 0.2) is 0 Å². The van der Waals surface area contributed by atoms with Crippen LogP contribution in [0.1, 0.15) is 13.8 Å². The molecule has 4 heteroatoms. The number of ether oxygens (including phenoxy) is 1. The number of hydrogen-bond acceptors (Lipinski definition) is 4. The van der Waals surface area contributed by atoms with Crippen LogP contribution in [-0.2, 0) is 9.53 Å². The SMILES string of the molecule is CNCC(C)NC(C)C(=O)OC. The van der Waals surface area contributed by atoms with E-state index in [9.17, 15) is 4.79 Å². The first-order valence-corrected chi connectivity index (χ1v) is 4.10. The minimum atomic E-state index is -0.238. The van der Waals surface area contributed by atoms with Gasteiger partial charge in [-0.2, -0.15) is 0 Å². The summed E-state index contributed by atoms with van der Waals surface area (Å²) >= 11 is 0. The number of methoxy groups -OCH3 is 1. The van der Waals surface area contributed by atoms with Gasteiger partial charge in [0.15, 0.2) is 0 Å². The maximum atomic E-state index is 10.9. The van der Waals surface area contributed by atoms with Crippen LogP contribution in [0, 0.1) is 0 Å². The molecule has 2 N–H and O–H groups in total. The normalized spacial score (nSPS) is 15.3. The summed E-state index contributed by atoms with van der Waals surface area (Å²) < 4.78 is 4.57. The van der Waals surface area contributed by atoms with Crippen LogP contribution in [0.4, 0.5) is 0 Å². The zero-order chi connectivity index (χ0) is 9.56. The Morgan fingerprint density at radius 2 is 2.08 bits per heavy atom. The molecule has 0 fully saturated rings. The second-order valence-corrected chi connectivity index (χ2v) is 2.87. The van der Waals surface area contributed by atoms with E-state index < -0.39 is 0 Å². The molecule has 0 radical (unpaired) electrons. The molecular weight excluding hydrogens is 156 g/mol. The van der Waals surface area contributed by atoms with Crippen molar-refractivity contribution in [3.05, 3.63) is 0 Å². The summed E-state index contributed by atoms with van der Waals surface area (Å²) in [6.45, 7) is 4.63. The first-order chi connectivity index (χ1) is 5.61. The van der Waals surface area contributed by atoms with Crippen LogP contribution in [0.3, 0.4) is 0 Å². The van der Waals surface area contributed by atoms with E-state index in [0.29, 0.717) is 0 Å². The largest absolute Gasteiger partial charge is 0.468 e. The van der Waals surface area contributed by atoms with E-state index in [1.54, 1.807) is 6.92 Å². The standard InChI is InChI=1S/C8H18N2O2/c1-6(5-9-3)10-7(2)8(11)12-4/h6-7,9-10H,5H2,1-4H3. The highest BCUT2D eigenvalue weighted by molar-refractivity contribution is 5.75. The highest BCUT2D eigenvalue weighted by atomic mass is 16.5. The zero-order valence-corrected chi connectivity index (χ0v) is 8.18. The highest BCUT2D eigenvalue weighted by Gasteiger charge is 2.14. The van der Waals surface area contributed by atoms with Gasteiger partial charge in [0, 0.05) is 12.6 Å². The van der Waals surface area contributed by atoms with Gasteiger partial charge in [0.1, 0.15) is 6.04 Å². The summed E-state index contributed by atoms with van der Waals surface area (Å²) in [5.74, 6) is -0.224. The first kappa shape index (κ1) is 11.4. The number of nitrogens with one attached hydrogen (secondary N) is 2. The van der Waals surface area contributed by atoms with Crippen LogP contribution in [0.25, 0.3) is 0 Å². The summed E-state index contributed by atoms with van der Waals surface area (Å²) in [6.07, 6.45) is 0. The predicted octanol–water partition coefficient (Wildman–Crippen LogP) is -0.255. The molecule has 0 spiro atoms. The Labute approximate surface area is 73.7 Å². The van der Waals surface area contributed by atoms with Crippen molar-refractivity contribution in [2.75, 3.05) is 20.7 Å². The van der Waals surface area contributed by atoms with E-state index in [4.69, 9.17) is 0 Å². The van der Waals surface area contributed by atoms with Crippen molar-refractivity contribution in [2.45, 2.75) is 25.9 Å². The quantitative estimate of drug-likeness (QED) is 0.564. The lowest BCUT2D eigenvalue weighted by Gasteiger charge is -2.17. The summed E-state index contributed by atoms with van der Waals surface area (Å²) in [6, 6.07) is 0.0300. The lowest BCUT2D eigenvalue weighted by molar-refractivity contribution is -0.142. The molecule has 0 saturated carbocycles. The van der Waals surface area contributed by atoms with Crippen LogP contribution in [0.5, 0.6) is 0 Å². The molecule has 2 unspecified atom stereocenters. The lowest BCUT2D eigenvalue weighted by Crippen LogP contribution is -2.44. The van der Waals surface area contributed by atoms with Crippen molar-refractivity contribution in [1.82, 2.24) is 10.6 Å². The average molecular weight is 174 g/mol. The monoisotopic (exact) mass is 174 g/mol. The first-order valence-electron chi connectivity index (χ1n) is 4.10. The van der Waals surface area contributed by atoms with Gasteiger partial charge in [-0.05, 0) is 20.9 Å². The Balaban J connectivity index is 3.67. The third-order valence-corrected chi connectivity index (χ3v) is 1.60. The van der Waals surface area contributed by atoms with Crippen molar-refractivity contribution < 1.29 is 9.53 Å². The topological polar surface area (TPSA) is 50.4 Å². The Kier molecular flexibility index (Phi) is 5.66. The molecule has 0 aliphatic carbocycles. The minimum Gasteiger partial charge on any atom is -0.468 e. The van der Waals surface area contributed by atoms with Gasteiger partial charge >= 0.3 is 5.97 Å². The van der Waals surface area contributed by atoms with Gasteiger partial charge in [0.2, 0.25) is 0 Å². The summed E-state index contributed by atoms with van der Waals surface area (Å²) in [5.41, 5.74) is 0. The third kappa shape index (κ3) is 4.31. The Morgan fingerprint density at radius 1 is 1.50 bits per heavy atom. The molecule has 12 heavy (non-hydrogen) atoms. The maximum absolute atomic E-state index is 10.9. The Morgan fingerprint density at radius 3 is 2.50 bits per heavy atom. The molecule has 0 saturated heterocycles. The fourth-order valence-electron chi connectivity index (χ4n) is 1.04. The Hall–Kier alpha value is -0.610. The second-order valence-electron chi connectivity index (χ2n) is 2.87. The second kappa shape index (κ2) is 5.97. The fourth-order valence-corrected chi connectivity index (χ4v) is 1.04. The van der Waals surface area contributed by atoms with Crippen molar-refractivity contribution >= 4 is 5.97 Å². The molecule has 0 aliphatic heterocycles. The Bertz CT molecular complexity index is 139. The summed E-state index contributed by atoms with van der Waals surface area (Å²) in [4.78, 5) is 10.9. The number of carbonyl (C=O) groups excluding carboxylic acids is 1. The molecule has 0 heterocycles. The summed E-state index contributed by atoms with van der Waals surface area (Å²) in [5, 5.41) is 6.11. The zero-order valence-electron chi connectivity index (χ0n) is 8.18. The van der Waals surface area contributed by atoms with Gasteiger partial charge in [-0.25, -0.2) is 0 Å². The lowest BCUT2D eigenvalue weighted by atomic mass is 10.2. The number of esters is 1. The van der Waals surface area contributed by atoms with Gasteiger partial charge in [-0.3, -0.25) is 4.79 Å². The fraction of sp³-hybridized carbons (Fsp3) is 0.875. The van der Waals surface area contributed by atoms with Gasteiger partial charge in [-0.1, -0.05) is 0 Å². The van der Waals surface area contributed by atoms with Crippen molar-refractivity contribution in [3.8, 4) is 0 Å². The molecule has 0 aromatic carbocycles. The number of hydrogen-bond donors (Lipinski definition) is 2. The van der Waals surface area contributed by atoms with E-state index in [2.05, 4.69) is 15.4 Å². The number of likely N-dealkylation sites (N-methyl/N-ethyl adjacent to an activating group) is 1. The van der Waals surface area contributed by atoms with Gasteiger partial charge in [-0.15, -0.1) is 0 Å². The molecule has 0 aromatic heterocycles. The van der Waals surface area contributed by atoms with E-state index in [1.807, 2.05) is 14.0 Å². The molecule has 0 bridgehead atoms. The molecule has 2 atom stereocenters.